The van der Waals surface area contributed by atoms with Gasteiger partial charge < -0.3 is 0 Å². The van der Waals surface area contributed by atoms with Crippen LogP contribution in [0.4, 0.5) is 5.82 Å². The Morgan fingerprint density at radius 3 is 2.55 bits per heavy atom. The number of pyridine rings is 1. The number of nitrogen functional groups attached to an aromatic ring is 2. The van der Waals surface area contributed by atoms with Crippen LogP contribution < -0.4 is 16.3 Å². The average Bonchev–Trinajstić information content (AvgIpc) is 1.97. The van der Waals surface area contributed by atoms with E-state index >= 15 is 0 Å². The Labute approximate surface area is 74.1 Å². The summed E-state index contributed by atoms with van der Waals surface area (Å²) in [6.45, 7) is 3.89. The molecule has 0 aliphatic rings. The summed E-state index contributed by atoms with van der Waals surface area (Å²) in [7, 11) is 0. The first-order valence-corrected chi connectivity index (χ1v) is 4.05. The van der Waals surface area contributed by atoms with Gasteiger partial charge in [0.2, 0.25) is 0 Å². The van der Waals surface area contributed by atoms with Gasteiger partial charge in [0.1, 0.15) is 5.69 Å². The fourth-order valence-corrected chi connectivity index (χ4v) is 1.24. The normalized spacial score (nSPS) is 10.1. The van der Waals surface area contributed by atoms with Crippen molar-refractivity contribution in [3.05, 3.63) is 21.8 Å². The number of aryl methyl sites for hydroxylation is 1. The minimum absolute atomic E-state index is 0.572. The highest BCUT2D eigenvalue weighted by Crippen LogP contribution is 2.18. The first-order valence-electron chi connectivity index (χ1n) is 3.26. The van der Waals surface area contributed by atoms with Crippen LogP contribution in [0.5, 0.6) is 0 Å². The van der Waals surface area contributed by atoms with Gasteiger partial charge in [-0.3, -0.25) is 11.6 Å². The molecule has 3 nitrogen and oxygen atoms in total. The standard InChI is InChI=1S/C7H10BrN3/c1-4-3-6(9)11(10)5(2)7(4)8/h3,9H,10H2,1-2H3/p+1. The quantitative estimate of drug-likeness (QED) is 0.495. The van der Waals surface area contributed by atoms with Crippen molar-refractivity contribution in [2.75, 3.05) is 11.6 Å². The molecule has 1 aromatic heterocycles. The topological polar surface area (TPSA) is 55.9 Å². The number of rotatable bonds is 0. The molecule has 0 unspecified atom stereocenters. The monoisotopic (exact) mass is 216 g/mol. The maximum atomic E-state index is 5.61. The first-order chi connectivity index (χ1) is 5.04. The van der Waals surface area contributed by atoms with Gasteiger partial charge in [-0.1, -0.05) is 0 Å². The molecule has 4 heteroatoms. The van der Waals surface area contributed by atoms with Gasteiger partial charge in [0.05, 0.1) is 4.47 Å². The van der Waals surface area contributed by atoms with Crippen molar-refractivity contribution in [3.8, 4) is 0 Å². The van der Waals surface area contributed by atoms with Gasteiger partial charge in [0.15, 0.2) is 0 Å². The van der Waals surface area contributed by atoms with Crippen LogP contribution in [0.1, 0.15) is 11.3 Å². The molecule has 0 fully saturated rings. The highest BCUT2D eigenvalue weighted by atomic mass is 79.9. The third kappa shape index (κ3) is 1.30. The summed E-state index contributed by atoms with van der Waals surface area (Å²) in [5.74, 6) is 6.19. The van der Waals surface area contributed by atoms with Gasteiger partial charge in [0.25, 0.3) is 5.82 Å². The van der Waals surface area contributed by atoms with Gasteiger partial charge in [-0.25, -0.2) is 0 Å². The van der Waals surface area contributed by atoms with Gasteiger partial charge >= 0.3 is 0 Å². The summed E-state index contributed by atoms with van der Waals surface area (Å²) >= 11 is 3.41. The van der Waals surface area contributed by atoms with Crippen molar-refractivity contribution in [2.24, 2.45) is 0 Å². The molecule has 0 spiro atoms. The Bertz CT molecular complexity index is 270. The lowest BCUT2D eigenvalue weighted by atomic mass is 10.2. The Hall–Kier alpha value is -0.770. The lowest BCUT2D eigenvalue weighted by Gasteiger charge is -2.04. The molecule has 0 atom stereocenters. The molecule has 0 aliphatic heterocycles. The van der Waals surface area contributed by atoms with E-state index in [1.54, 1.807) is 0 Å². The summed E-state index contributed by atoms with van der Waals surface area (Å²) in [5.41, 5.74) is 7.64. The zero-order valence-corrected chi connectivity index (χ0v) is 8.14. The van der Waals surface area contributed by atoms with E-state index in [1.165, 1.54) is 4.68 Å². The van der Waals surface area contributed by atoms with Crippen molar-refractivity contribution in [1.82, 2.24) is 0 Å². The summed E-state index contributed by atoms with van der Waals surface area (Å²) in [5, 5.41) is 0. The van der Waals surface area contributed by atoms with Crippen LogP contribution >= 0.6 is 15.9 Å². The fourth-order valence-electron chi connectivity index (χ4n) is 0.939. The molecule has 11 heavy (non-hydrogen) atoms. The SMILES string of the molecule is Cc1cc(N)[n+](N)c(C)c1Br. The number of halogens is 1. The van der Waals surface area contributed by atoms with Gasteiger partial charge in [-0.15, -0.1) is 4.68 Å². The molecule has 0 radical (unpaired) electrons. The number of nitrogens with two attached hydrogens (primary N) is 2. The number of hydrogen-bond acceptors (Lipinski definition) is 2. The van der Waals surface area contributed by atoms with E-state index in [4.69, 9.17) is 11.6 Å². The first kappa shape index (κ1) is 8.33. The van der Waals surface area contributed by atoms with Crippen molar-refractivity contribution >= 4 is 21.7 Å². The van der Waals surface area contributed by atoms with E-state index in [0.717, 1.165) is 15.7 Å². The van der Waals surface area contributed by atoms with E-state index in [0.29, 0.717) is 5.82 Å². The van der Waals surface area contributed by atoms with E-state index < -0.39 is 0 Å². The molecule has 4 N–H and O–H groups in total. The van der Waals surface area contributed by atoms with Gasteiger partial charge in [-0.05, 0) is 28.4 Å². The van der Waals surface area contributed by atoms with E-state index in [1.807, 2.05) is 19.9 Å². The van der Waals surface area contributed by atoms with Crippen LogP contribution in [0.25, 0.3) is 0 Å². The molecule has 1 aromatic rings. The third-order valence-corrected chi connectivity index (χ3v) is 2.87. The molecule has 0 saturated carbocycles. The third-order valence-electron chi connectivity index (χ3n) is 1.67. The summed E-state index contributed by atoms with van der Waals surface area (Å²) in [4.78, 5) is 0. The highest BCUT2D eigenvalue weighted by molar-refractivity contribution is 9.10. The van der Waals surface area contributed by atoms with Crippen LogP contribution in [0, 0.1) is 13.8 Å². The Kier molecular flexibility index (Phi) is 2.04. The predicted molar refractivity (Wildman–Crippen MR) is 48.4 cm³/mol. The van der Waals surface area contributed by atoms with E-state index in [9.17, 15) is 0 Å². The molecular formula is C7H11BrN3+. The molecule has 0 saturated heterocycles. The fraction of sp³-hybridized carbons (Fsp3) is 0.286. The Morgan fingerprint density at radius 1 is 1.45 bits per heavy atom. The molecule has 0 aliphatic carbocycles. The summed E-state index contributed by atoms with van der Waals surface area (Å²) in [6, 6.07) is 1.83. The average molecular weight is 217 g/mol. The highest BCUT2D eigenvalue weighted by Gasteiger charge is 2.10. The van der Waals surface area contributed by atoms with Crippen LogP contribution in [-0.4, -0.2) is 0 Å². The number of aromatic nitrogens is 1. The Morgan fingerprint density at radius 2 is 2.00 bits per heavy atom. The predicted octanol–water partition coefficient (Wildman–Crippen LogP) is 0.649. The van der Waals surface area contributed by atoms with Crippen LogP contribution in [-0.2, 0) is 0 Å². The van der Waals surface area contributed by atoms with Crippen LogP contribution in [0.2, 0.25) is 0 Å². The smallest absolute Gasteiger partial charge is 0.285 e. The van der Waals surface area contributed by atoms with Crippen molar-refractivity contribution in [1.29, 1.82) is 0 Å². The van der Waals surface area contributed by atoms with Crippen molar-refractivity contribution < 1.29 is 4.68 Å². The molecule has 0 amide bonds. The molecule has 0 bridgehead atoms. The minimum Gasteiger partial charge on any atom is -0.285 e. The number of anilines is 1. The maximum Gasteiger partial charge on any atom is 0.295 e. The van der Waals surface area contributed by atoms with Crippen LogP contribution in [0.3, 0.4) is 0 Å². The van der Waals surface area contributed by atoms with Crippen molar-refractivity contribution in [2.45, 2.75) is 13.8 Å². The number of nitrogens with zero attached hydrogens (tertiary/aromatic N) is 1. The van der Waals surface area contributed by atoms with E-state index in [2.05, 4.69) is 15.9 Å². The van der Waals surface area contributed by atoms with Gasteiger partial charge in [0, 0.05) is 13.0 Å². The zero-order valence-electron chi connectivity index (χ0n) is 6.56. The van der Waals surface area contributed by atoms with Crippen LogP contribution in [0.15, 0.2) is 10.5 Å². The summed E-state index contributed by atoms with van der Waals surface area (Å²) < 4.78 is 2.46. The lowest BCUT2D eigenvalue weighted by molar-refractivity contribution is -0.631. The molecule has 0 aromatic carbocycles. The molecule has 60 valence electrons. The second kappa shape index (κ2) is 2.70. The second-order valence-corrected chi connectivity index (χ2v) is 3.31. The lowest BCUT2D eigenvalue weighted by Crippen LogP contribution is -2.50. The second-order valence-electron chi connectivity index (χ2n) is 2.52. The molecular weight excluding hydrogens is 206 g/mol. The van der Waals surface area contributed by atoms with Gasteiger partial charge in [-0.2, -0.15) is 0 Å². The zero-order chi connectivity index (χ0) is 8.59. The Balaban J connectivity index is 3.46. The van der Waals surface area contributed by atoms with E-state index in [-0.39, 0.29) is 0 Å². The minimum atomic E-state index is 0.572. The number of hydrogen-bond donors (Lipinski definition) is 2. The van der Waals surface area contributed by atoms with Crippen molar-refractivity contribution in [3.63, 3.8) is 0 Å². The maximum absolute atomic E-state index is 5.61. The molecule has 1 heterocycles. The summed E-state index contributed by atoms with van der Waals surface area (Å²) in [6.07, 6.45) is 0. The largest absolute Gasteiger partial charge is 0.295 e. The molecule has 1 rings (SSSR count).